The second kappa shape index (κ2) is 5.50. The molecule has 4 heteroatoms. The molecule has 0 aliphatic carbocycles. The van der Waals surface area contributed by atoms with E-state index in [9.17, 15) is 0 Å². The third-order valence-electron chi connectivity index (χ3n) is 2.99. The predicted octanol–water partition coefficient (Wildman–Crippen LogP) is 2.17. The number of imidazole rings is 1. The van der Waals surface area contributed by atoms with E-state index in [1.54, 1.807) is 6.33 Å². The van der Waals surface area contributed by atoms with Crippen LogP contribution in [0.2, 0.25) is 0 Å². The van der Waals surface area contributed by atoms with Gasteiger partial charge in [0.15, 0.2) is 0 Å². The third-order valence-corrected chi connectivity index (χ3v) is 2.99. The van der Waals surface area contributed by atoms with Crippen LogP contribution in [0.15, 0.2) is 24.5 Å². The average Bonchev–Trinajstić information content (AvgIpc) is 2.74. The van der Waals surface area contributed by atoms with Gasteiger partial charge in [0, 0.05) is 12.1 Å². The molecule has 0 amide bonds. The van der Waals surface area contributed by atoms with Crippen LogP contribution >= 0.6 is 0 Å². The van der Waals surface area contributed by atoms with Gasteiger partial charge in [-0.2, -0.15) is 0 Å². The molecule has 0 saturated heterocycles. The topological polar surface area (TPSA) is 66.7 Å². The maximum Gasteiger partial charge on any atom is 0.0931 e. The molecule has 1 aromatic heterocycles. The van der Waals surface area contributed by atoms with Crippen LogP contribution in [0.25, 0.3) is 11.0 Å². The van der Waals surface area contributed by atoms with Crippen LogP contribution in [-0.4, -0.2) is 22.1 Å². The van der Waals surface area contributed by atoms with Crippen LogP contribution in [0.4, 0.5) is 0 Å². The second-order valence-electron chi connectivity index (χ2n) is 5.52. The number of nitrogens with one attached hydrogen (secondary N) is 2. The van der Waals surface area contributed by atoms with Crippen LogP contribution in [0.3, 0.4) is 0 Å². The summed E-state index contributed by atoms with van der Waals surface area (Å²) in [5.74, 6) is 0. The Morgan fingerprint density at radius 3 is 3.00 bits per heavy atom. The summed E-state index contributed by atoms with van der Waals surface area (Å²) < 4.78 is 0. The predicted molar refractivity (Wildman–Crippen MR) is 75.3 cm³/mol. The number of hydrogen-bond donors (Lipinski definition) is 3. The number of fused-ring (bicyclic) bond motifs is 1. The molecule has 98 valence electrons. The molecule has 0 unspecified atom stereocenters. The quantitative estimate of drug-likeness (QED) is 0.684. The summed E-state index contributed by atoms with van der Waals surface area (Å²) >= 11 is 0. The first-order valence-electron chi connectivity index (χ1n) is 6.46. The van der Waals surface area contributed by atoms with E-state index >= 15 is 0 Å². The molecule has 18 heavy (non-hydrogen) atoms. The summed E-state index contributed by atoms with van der Waals surface area (Å²) in [6.07, 6.45) is 3.88. The van der Waals surface area contributed by atoms with E-state index in [2.05, 4.69) is 41.3 Å². The van der Waals surface area contributed by atoms with Gasteiger partial charge in [-0.15, -0.1) is 0 Å². The van der Waals surface area contributed by atoms with E-state index in [0.29, 0.717) is 0 Å². The number of rotatable bonds is 6. The maximum atomic E-state index is 5.94. The lowest BCUT2D eigenvalue weighted by atomic mass is 10.0. The molecule has 1 aromatic carbocycles. The third kappa shape index (κ3) is 3.82. The van der Waals surface area contributed by atoms with Gasteiger partial charge < -0.3 is 16.0 Å². The molecule has 0 bridgehead atoms. The molecule has 2 rings (SSSR count). The largest absolute Gasteiger partial charge is 0.345 e. The van der Waals surface area contributed by atoms with Crippen LogP contribution < -0.4 is 11.1 Å². The minimum Gasteiger partial charge on any atom is -0.345 e. The molecule has 0 saturated carbocycles. The highest BCUT2D eigenvalue weighted by atomic mass is 14.9. The Kier molecular flexibility index (Phi) is 3.99. The number of nitrogens with zero attached hydrogens (tertiary/aromatic N) is 1. The summed E-state index contributed by atoms with van der Waals surface area (Å²) in [4.78, 5) is 7.33. The molecule has 0 aliphatic rings. The monoisotopic (exact) mass is 246 g/mol. The minimum atomic E-state index is -0.0590. The van der Waals surface area contributed by atoms with Crippen LogP contribution in [-0.2, 0) is 6.54 Å². The standard InChI is InChI=1S/C14H22N4/c1-14(2,15)6-3-7-16-9-11-4-5-12-13(8-11)18-10-17-12/h4-5,8,10,16H,3,6-7,9,15H2,1-2H3,(H,17,18). The highest BCUT2D eigenvalue weighted by Gasteiger charge is 2.08. The molecular formula is C14H22N4. The Morgan fingerprint density at radius 2 is 2.22 bits per heavy atom. The van der Waals surface area contributed by atoms with Crippen LogP contribution in [0, 0.1) is 0 Å². The van der Waals surface area contributed by atoms with Gasteiger partial charge in [0.05, 0.1) is 17.4 Å². The van der Waals surface area contributed by atoms with Gasteiger partial charge >= 0.3 is 0 Å². The Morgan fingerprint density at radius 1 is 1.39 bits per heavy atom. The second-order valence-corrected chi connectivity index (χ2v) is 5.52. The smallest absolute Gasteiger partial charge is 0.0931 e. The van der Waals surface area contributed by atoms with Gasteiger partial charge in [-0.1, -0.05) is 6.07 Å². The van der Waals surface area contributed by atoms with Crippen molar-refractivity contribution < 1.29 is 0 Å². The van der Waals surface area contributed by atoms with E-state index in [1.165, 1.54) is 5.56 Å². The van der Waals surface area contributed by atoms with Crippen molar-refractivity contribution in [3.63, 3.8) is 0 Å². The van der Waals surface area contributed by atoms with Gasteiger partial charge in [0.25, 0.3) is 0 Å². The van der Waals surface area contributed by atoms with Crippen molar-refractivity contribution in [2.75, 3.05) is 6.54 Å². The van der Waals surface area contributed by atoms with Crippen LogP contribution in [0.1, 0.15) is 32.3 Å². The molecule has 0 fully saturated rings. The summed E-state index contributed by atoms with van der Waals surface area (Å²) in [5.41, 5.74) is 9.27. The lowest BCUT2D eigenvalue weighted by molar-refractivity contribution is 0.448. The minimum absolute atomic E-state index is 0.0590. The zero-order valence-electron chi connectivity index (χ0n) is 11.2. The van der Waals surface area contributed by atoms with Crippen LogP contribution in [0.5, 0.6) is 0 Å². The number of nitrogens with two attached hydrogens (primary N) is 1. The summed E-state index contributed by atoms with van der Waals surface area (Å²) in [5, 5.41) is 3.44. The number of aromatic amines is 1. The summed E-state index contributed by atoms with van der Waals surface area (Å²) in [6.45, 7) is 6.03. The normalized spacial score (nSPS) is 12.2. The average molecular weight is 246 g/mol. The first-order chi connectivity index (χ1) is 8.54. The van der Waals surface area contributed by atoms with Crippen molar-refractivity contribution in [1.82, 2.24) is 15.3 Å². The molecular weight excluding hydrogens is 224 g/mol. The Bertz CT molecular complexity index is 496. The van der Waals surface area contributed by atoms with Crippen molar-refractivity contribution >= 4 is 11.0 Å². The van der Waals surface area contributed by atoms with Crippen molar-refractivity contribution in [2.45, 2.75) is 38.8 Å². The molecule has 4 N–H and O–H groups in total. The number of hydrogen-bond acceptors (Lipinski definition) is 3. The van der Waals surface area contributed by atoms with E-state index in [0.717, 1.165) is 37.0 Å². The Hall–Kier alpha value is -1.39. The maximum absolute atomic E-state index is 5.94. The molecule has 0 radical (unpaired) electrons. The van der Waals surface area contributed by atoms with Crippen molar-refractivity contribution in [3.8, 4) is 0 Å². The van der Waals surface area contributed by atoms with E-state index < -0.39 is 0 Å². The van der Waals surface area contributed by atoms with Crippen molar-refractivity contribution in [2.24, 2.45) is 5.73 Å². The van der Waals surface area contributed by atoms with Gasteiger partial charge in [-0.05, 0) is 50.9 Å². The number of benzene rings is 1. The SMILES string of the molecule is CC(C)(N)CCCNCc1ccc2nc[nH]c2c1. The van der Waals surface area contributed by atoms with Gasteiger partial charge in [-0.3, -0.25) is 0 Å². The molecule has 0 spiro atoms. The van der Waals surface area contributed by atoms with Gasteiger partial charge in [-0.25, -0.2) is 4.98 Å². The highest BCUT2D eigenvalue weighted by Crippen LogP contribution is 2.11. The number of H-pyrrole nitrogens is 1. The summed E-state index contributed by atoms with van der Waals surface area (Å²) in [6, 6.07) is 6.30. The first-order valence-corrected chi connectivity index (χ1v) is 6.46. The van der Waals surface area contributed by atoms with Gasteiger partial charge in [0.2, 0.25) is 0 Å². The number of aromatic nitrogens is 2. The molecule has 1 heterocycles. The lowest BCUT2D eigenvalue weighted by Gasteiger charge is -2.17. The van der Waals surface area contributed by atoms with E-state index in [4.69, 9.17) is 5.73 Å². The van der Waals surface area contributed by atoms with E-state index in [1.807, 2.05) is 6.07 Å². The fourth-order valence-corrected chi connectivity index (χ4v) is 1.99. The van der Waals surface area contributed by atoms with Gasteiger partial charge in [0.1, 0.15) is 0 Å². The highest BCUT2D eigenvalue weighted by molar-refractivity contribution is 5.74. The summed E-state index contributed by atoms with van der Waals surface area (Å²) in [7, 11) is 0. The van der Waals surface area contributed by atoms with Crippen molar-refractivity contribution in [1.29, 1.82) is 0 Å². The molecule has 0 atom stereocenters. The molecule has 2 aromatic rings. The fourth-order valence-electron chi connectivity index (χ4n) is 1.99. The lowest BCUT2D eigenvalue weighted by Crippen LogP contribution is -2.32. The first kappa shape index (κ1) is 13.1. The van der Waals surface area contributed by atoms with E-state index in [-0.39, 0.29) is 5.54 Å². The molecule has 4 nitrogen and oxygen atoms in total. The zero-order chi connectivity index (χ0) is 13.0. The Balaban J connectivity index is 1.76. The van der Waals surface area contributed by atoms with Crippen molar-refractivity contribution in [3.05, 3.63) is 30.1 Å². The Labute approximate surface area is 108 Å². The fraction of sp³-hybridized carbons (Fsp3) is 0.500. The molecule has 0 aliphatic heterocycles. The zero-order valence-corrected chi connectivity index (χ0v) is 11.2.